The summed E-state index contributed by atoms with van der Waals surface area (Å²) in [5.41, 5.74) is -0.581. The smallest absolute Gasteiger partial charge is 0.220 e. The highest BCUT2D eigenvalue weighted by atomic mass is 16.3. The first kappa shape index (κ1) is 27.1. The fourth-order valence-electron chi connectivity index (χ4n) is 4.23. The van der Waals surface area contributed by atoms with Crippen molar-refractivity contribution in [2.24, 2.45) is 11.8 Å². The molecular weight excluding hydrogens is 382 g/mol. The van der Waals surface area contributed by atoms with Crippen molar-refractivity contribution in [2.45, 2.75) is 115 Å². The van der Waals surface area contributed by atoms with Crippen LogP contribution in [0.3, 0.4) is 0 Å². The average Bonchev–Trinajstić information content (AvgIpc) is 2.95. The fourth-order valence-corrected chi connectivity index (χ4v) is 4.23. The van der Waals surface area contributed by atoms with E-state index in [1.807, 2.05) is 6.08 Å². The van der Waals surface area contributed by atoms with Crippen LogP contribution in [0, 0.1) is 11.8 Å². The zero-order chi connectivity index (χ0) is 22.6. The molecule has 0 radical (unpaired) electrons. The third kappa shape index (κ3) is 10.4. The normalized spacial score (nSPS) is 25.7. The Morgan fingerprint density at radius 2 is 1.80 bits per heavy atom. The molecule has 0 aromatic heterocycles. The first-order valence-electron chi connectivity index (χ1n) is 11.8. The number of unbranched alkanes of at least 4 members (excludes halogenated alkanes) is 5. The van der Waals surface area contributed by atoms with Gasteiger partial charge in [0.1, 0.15) is 0 Å². The van der Waals surface area contributed by atoms with E-state index in [0.29, 0.717) is 12.8 Å². The van der Waals surface area contributed by atoms with Gasteiger partial charge >= 0.3 is 0 Å². The van der Waals surface area contributed by atoms with Gasteiger partial charge in [-0.25, -0.2) is 0 Å². The number of rotatable bonds is 15. The summed E-state index contributed by atoms with van der Waals surface area (Å²) < 4.78 is 0. The molecule has 0 aliphatic heterocycles. The van der Waals surface area contributed by atoms with Crippen LogP contribution in [0.1, 0.15) is 91.4 Å². The van der Waals surface area contributed by atoms with Gasteiger partial charge in [0, 0.05) is 18.8 Å². The number of amides is 1. The predicted molar refractivity (Wildman–Crippen MR) is 120 cm³/mol. The second-order valence-electron chi connectivity index (χ2n) is 9.60. The minimum Gasteiger partial charge on any atom is -0.394 e. The van der Waals surface area contributed by atoms with Gasteiger partial charge in [0.15, 0.2) is 0 Å². The van der Waals surface area contributed by atoms with E-state index < -0.39 is 23.9 Å². The van der Waals surface area contributed by atoms with Crippen molar-refractivity contribution < 1.29 is 25.2 Å². The maximum atomic E-state index is 11.9. The van der Waals surface area contributed by atoms with Gasteiger partial charge in [0.25, 0.3) is 0 Å². The lowest BCUT2D eigenvalue weighted by Gasteiger charge is -2.23. The third-order valence-electron chi connectivity index (χ3n) is 6.14. The molecule has 30 heavy (non-hydrogen) atoms. The van der Waals surface area contributed by atoms with Crippen LogP contribution >= 0.6 is 0 Å². The zero-order valence-electron chi connectivity index (χ0n) is 19.2. The summed E-state index contributed by atoms with van der Waals surface area (Å²) in [6.45, 7) is 5.64. The van der Waals surface area contributed by atoms with Gasteiger partial charge in [-0.3, -0.25) is 4.79 Å². The standard InChI is InChI=1S/C24H45NO5/c1-4-5-8-11-18(27)14-15-20-19(21(28)16-22(20)29)12-9-6-7-10-13-23(30)25-24(2,3)17-26/h14-15,18-22,26-29H,4-13,16-17H2,1-3H3,(H,25,30)/b15-14+/t18-,19+,20+,21-,22+/m0/s1. The number of aliphatic hydroxyl groups excluding tert-OH is 4. The summed E-state index contributed by atoms with van der Waals surface area (Å²) >= 11 is 0. The van der Waals surface area contributed by atoms with E-state index in [1.165, 1.54) is 0 Å². The Morgan fingerprint density at radius 1 is 1.10 bits per heavy atom. The Hall–Kier alpha value is -0.950. The highest BCUT2D eigenvalue weighted by Gasteiger charge is 2.39. The molecule has 1 rings (SSSR count). The molecule has 0 spiro atoms. The lowest BCUT2D eigenvalue weighted by Crippen LogP contribution is -2.46. The SMILES string of the molecule is CCCCC[C@H](O)/C=C/[C@@H]1[C@@H](CCCCCCC(=O)NC(C)(C)CO)[C@@H](O)C[C@H]1O. The monoisotopic (exact) mass is 427 g/mol. The molecule has 1 fully saturated rings. The van der Waals surface area contributed by atoms with Crippen LogP contribution in [0.25, 0.3) is 0 Å². The van der Waals surface area contributed by atoms with E-state index in [4.69, 9.17) is 0 Å². The molecule has 1 saturated carbocycles. The molecule has 0 unspecified atom stereocenters. The van der Waals surface area contributed by atoms with Crippen LogP contribution < -0.4 is 5.32 Å². The maximum Gasteiger partial charge on any atom is 0.220 e. The van der Waals surface area contributed by atoms with Crippen molar-refractivity contribution in [1.29, 1.82) is 0 Å². The zero-order valence-corrected chi connectivity index (χ0v) is 19.2. The highest BCUT2D eigenvalue weighted by Crippen LogP contribution is 2.37. The quantitative estimate of drug-likeness (QED) is 0.204. The van der Waals surface area contributed by atoms with Gasteiger partial charge < -0.3 is 25.7 Å². The van der Waals surface area contributed by atoms with E-state index in [-0.39, 0.29) is 24.3 Å². The van der Waals surface area contributed by atoms with Crippen molar-refractivity contribution in [3.8, 4) is 0 Å². The van der Waals surface area contributed by atoms with Crippen molar-refractivity contribution in [1.82, 2.24) is 5.32 Å². The van der Waals surface area contributed by atoms with E-state index in [9.17, 15) is 25.2 Å². The predicted octanol–water partition coefficient (Wildman–Crippen LogP) is 3.07. The summed E-state index contributed by atoms with van der Waals surface area (Å²) in [6, 6.07) is 0. The van der Waals surface area contributed by atoms with Gasteiger partial charge in [-0.2, -0.15) is 0 Å². The Morgan fingerprint density at radius 3 is 2.47 bits per heavy atom. The molecule has 176 valence electrons. The summed E-state index contributed by atoms with van der Waals surface area (Å²) in [4.78, 5) is 11.9. The van der Waals surface area contributed by atoms with Crippen LogP contribution in [-0.2, 0) is 4.79 Å². The Labute approximate surface area is 182 Å². The van der Waals surface area contributed by atoms with Gasteiger partial charge in [-0.1, -0.05) is 57.6 Å². The van der Waals surface area contributed by atoms with Crippen LogP contribution in [0.15, 0.2) is 12.2 Å². The molecule has 1 amide bonds. The Bertz CT molecular complexity index is 508. The number of aliphatic hydroxyl groups is 4. The highest BCUT2D eigenvalue weighted by molar-refractivity contribution is 5.76. The van der Waals surface area contributed by atoms with E-state index in [2.05, 4.69) is 12.2 Å². The first-order chi connectivity index (χ1) is 14.2. The molecule has 0 aromatic rings. The van der Waals surface area contributed by atoms with Crippen LogP contribution in [0.5, 0.6) is 0 Å². The molecule has 0 heterocycles. The van der Waals surface area contributed by atoms with E-state index in [1.54, 1.807) is 19.9 Å². The molecule has 6 nitrogen and oxygen atoms in total. The molecule has 0 bridgehead atoms. The molecule has 1 aliphatic carbocycles. The minimum absolute atomic E-state index is 0.0211. The second kappa shape index (κ2) is 14.2. The van der Waals surface area contributed by atoms with Gasteiger partial charge in [-0.15, -0.1) is 0 Å². The average molecular weight is 428 g/mol. The third-order valence-corrected chi connectivity index (χ3v) is 6.14. The number of carbonyl (C=O) groups excluding carboxylic acids is 1. The van der Waals surface area contributed by atoms with Crippen molar-refractivity contribution in [3.63, 3.8) is 0 Å². The van der Waals surface area contributed by atoms with Crippen LogP contribution in [-0.4, -0.2) is 56.8 Å². The number of carbonyl (C=O) groups is 1. The topological polar surface area (TPSA) is 110 Å². The van der Waals surface area contributed by atoms with Gasteiger partial charge in [-0.05, 0) is 39.0 Å². The largest absolute Gasteiger partial charge is 0.394 e. The Balaban J connectivity index is 2.32. The lowest BCUT2D eigenvalue weighted by atomic mass is 9.88. The molecule has 5 N–H and O–H groups in total. The Kier molecular flexibility index (Phi) is 12.8. The molecule has 1 aliphatic rings. The van der Waals surface area contributed by atoms with E-state index in [0.717, 1.165) is 57.8 Å². The molecule has 6 heteroatoms. The number of hydrogen-bond donors (Lipinski definition) is 5. The van der Waals surface area contributed by atoms with Crippen molar-refractivity contribution >= 4 is 5.91 Å². The van der Waals surface area contributed by atoms with Crippen LogP contribution in [0.4, 0.5) is 0 Å². The fraction of sp³-hybridized carbons (Fsp3) is 0.875. The molecule has 0 saturated heterocycles. The van der Waals surface area contributed by atoms with Gasteiger partial charge in [0.2, 0.25) is 5.91 Å². The summed E-state index contributed by atoms with van der Waals surface area (Å²) in [7, 11) is 0. The molecular formula is C24H45NO5. The van der Waals surface area contributed by atoms with E-state index >= 15 is 0 Å². The lowest BCUT2D eigenvalue weighted by molar-refractivity contribution is -0.123. The van der Waals surface area contributed by atoms with Gasteiger partial charge in [0.05, 0.1) is 30.5 Å². The minimum atomic E-state index is -0.581. The maximum absolute atomic E-state index is 11.9. The summed E-state index contributed by atoms with van der Waals surface area (Å²) in [6.07, 6.45) is 11.5. The van der Waals surface area contributed by atoms with Crippen LogP contribution in [0.2, 0.25) is 0 Å². The number of nitrogens with one attached hydrogen (secondary N) is 1. The van der Waals surface area contributed by atoms with Crippen molar-refractivity contribution in [3.05, 3.63) is 12.2 Å². The molecule has 5 atom stereocenters. The number of hydrogen-bond acceptors (Lipinski definition) is 5. The summed E-state index contributed by atoms with van der Waals surface area (Å²) in [5.74, 6) is -0.119. The first-order valence-corrected chi connectivity index (χ1v) is 11.8. The molecule has 0 aromatic carbocycles. The summed E-state index contributed by atoms with van der Waals surface area (Å²) in [5, 5.41) is 42.8. The van der Waals surface area contributed by atoms with Crippen molar-refractivity contribution in [2.75, 3.05) is 6.61 Å². The second-order valence-corrected chi connectivity index (χ2v) is 9.60.